The molecule has 0 fully saturated rings. The lowest BCUT2D eigenvalue weighted by molar-refractivity contribution is 0.0988. The minimum Gasteiger partial charge on any atom is -0.393 e. The predicted octanol–water partition coefficient (Wildman–Crippen LogP) is 3.07. The first kappa shape index (κ1) is 13.7. The lowest BCUT2D eigenvalue weighted by Gasteiger charge is -2.22. The van der Waals surface area contributed by atoms with E-state index in [0.29, 0.717) is 23.5 Å². The number of hydrogen-bond donors (Lipinski definition) is 1. The number of hydrogen-bond acceptors (Lipinski definition) is 3. The predicted molar refractivity (Wildman–Crippen MR) is 83.8 cm³/mol. The zero-order valence-corrected chi connectivity index (χ0v) is 11.9. The van der Waals surface area contributed by atoms with Crippen LogP contribution in [-0.4, -0.2) is 17.4 Å². The molecule has 1 amide bonds. The van der Waals surface area contributed by atoms with Crippen molar-refractivity contribution in [2.24, 2.45) is 5.73 Å². The summed E-state index contributed by atoms with van der Waals surface area (Å²) >= 11 is 6.40. The fourth-order valence-electron chi connectivity index (χ4n) is 1.72. The number of benzene rings is 1. The van der Waals surface area contributed by atoms with E-state index in [-0.39, 0.29) is 5.91 Å². The van der Waals surface area contributed by atoms with Crippen molar-refractivity contribution in [3.63, 3.8) is 0 Å². The quantitative estimate of drug-likeness (QED) is 0.861. The van der Waals surface area contributed by atoms with E-state index in [4.69, 9.17) is 18.0 Å². The SMILES string of the molecule is NC(=S)CCN(C(=O)c1ccsc1)c1ccccc1. The number of carbonyl (C=O) groups is 1. The minimum absolute atomic E-state index is 0.0244. The molecule has 0 aliphatic rings. The summed E-state index contributed by atoms with van der Waals surface area (Å²) in [4.78, 5) is 14.6. The second-order valence-electron chi connectivity index (χ2n) is 4.02. The van der Waals surface area contributed by atoms with E-state index < -0.39 is 0 Å². The van der Waals surface area contributed by atoms with E-state index >= 15 is 0 Å². The van der Waals surface area contributed by atoms with Crippen LogP contribution in [0.3, 0.4) is 0 Å². The second kappa shape index (κ2) is 6.45. The van der Waals surface area contributed by atoms with Crippen molar-refractivity contribution >= 4 is 40.1 Å². The zero-order valence-electron chi connectivity index (χ0n) is 10.3. The average Bonchev–Trinajstić information content (AvgIpc) is 2.93. The van der Waals surface area contributed by atoms with Crippen LogP contribution >= 0.6 is 23.6 Å². The van der Waals surface area contributed by atoms with Crippen LogP contribution in [-0.2, 0) is 0 Å². The number of rotatable bonds is 5. The Morgan fingerprint density at radius 2 is 2.00 bits per heavy atom. The smallest absolute Gasteiger partial charge is 0.259 e. The largest absolute Gasteiger partial charge is 0.393 e. The molecular weight excluding hydrogens is 276 g/mol. The van der Waals surface area contributed by atoms with Crippen LogP contribution < -0.4 is 10.6 Å². The van der Waals surface area contributed by atoms with Crippen molar-refractivity contribution in [1.82, 2.24) is 0 Å². The summed E-state index contributed by atoms with van der Waals surface area (Å²) in [6.07, 6.45) is 0.514. The van der Waals surface area contributed by atoms with Crippen LogP contribution in [0, 0.1) is 0 Å². The van der Waals surface area contributed by atoms with Gasteiger partial charge in [-0.15, -0.1) is 0 Å². The third-order valence-electron chi connectivity index (χ3n) is 2.66. The topological polar surface area (TPSA) is 46.3 Å². The van der Waals surface area contributed by atoms with Crippen molar-refractivity contribution in [1.29, 1.82) is 0 Å². The Kier molecular flexibility index (Phi) is 4.65. The van der Waals surface area contributed by atoms with Crippen molar-refractivity contribution in [3.8, 4) is 0 Å². The average molecular weight is 290 g/mol. The number of thiophene rings is 1. The van der Waals surface area contributed by atoms with E-state index in [0.717, 1.165) is 5.69 Å². The Morgan fingerprint density at radius 1 is 1.26 bits per heavy atom. The van der Waals surface area contributed by atoms with E-state index in [1.54, 1.807) is 4.90 Å². The summed E-state index contributed by atoms with van der Waals surface area (Å²) in [7, 11) is 0. The van der Waals surface area contributed by atoms with Crippen LogP contribution in [0.4, 0.5) is 5.69 Å². The molecule has 1 heterocycles. The molecule has 5 heteroatoms. The highest BCUT2D eigenvalue weighted by Crippen LogP contribution is 2.18. The monoisotopic (exact) mass is 290 g/mol. The lowest BCUT2D eigenvalue weighted by Crippen LogP contribution is -2.33. The van der Waals surface area contributed by atoms with Crippen LogP contribution in [0.25, 0.3) is 0 Å². The van der Waals surface area contributed by atoms with Crippen molar-refractivity contribution in [2.75, 3.05) is 11.4 Å². The van der Waals surface area contributed by atoms with Gasteiger partial charge in [-0.3, -0.25) is 4.79 Å². The molecule has 0 radical (unpaired) electrons. The number of nitrogens with zero attached hydrogens (tertiary/aromatic N) is 1. The molecule has 19 heavy (non-hydrogen) atoms. The molecule has 0 aliphatic heterocycles. The second-order valence-corrected chi connectivity index (χ2v) is 5.33. The van der Waals surface area contributed by atoms with Crippen LogP contribution in [0.1, 0.15) is 16.8 Å². The maximum absolute atomic E-state index is 12.5. The fraction of sp³-hybridized carbons (Fsp3) is 0.143. The summed E-state index contributed by atoms with van der Waals surface area (Å²) in [6, 6.07) is 11.4. The summed E-state index contributed by atoms with van der Waals surface area (Å²) in [5, 5.41) is 3.74. The molecule has 1 aromatic heterocycles. The van der Waals surface area contributed by atoms with E-state index in [2.05, 4.69) is 0 Å². The molecule has 0 spiro atoms. The standard InChI is InChI=1S/C14H14N2OS2/c15-13(18)6-8-16(12-4-2-1-3-5-12)14(17)11-7-9-19-10-11/h1-5,7,9-10H,6,8H2,(H2,15,18). The van der Waals surface area contributed by atoms with E-state index in [1.807, 2.05) is 47.2 Å². The van der Waals surface area contributed by atoms with Gasteiger partial charge in [-0.25, -0.2) is 0 Å². The van der Waals surface area contributed by atoms with Gasteiger partial charge < -0.3 is 10.6 Å². The maximum Gasteiger partial charge on any atom is 0.259 e. The summed E-state index contributed by atoms with van der Waals surface area (Å²) in [5.41, 5.74) is 7.08. The minimum atomic E-state index is -0.0244. The van der Waals surface area contributed by atoms with Gasteiger partial charge in [-0.2, -0.15) is 11.3 Å². The van der Waals surface area contributed by atoms with Gasteiger partial charge in [0.2, 0.25) is 0 Å². The van der Waals surface area contributed by atoms with Crippen molar-refractivity contribution in [2.45, 2.75) is 6.42 Å². The Hall–Kier alpha value is -1.72. The third-order valence-corrected chi connectivity index (χ3v) is 3.55. The Labute approximate surface area is 121 Å². The molecule has 2 N–H and O–H groups in total. The number of amides is 1. The van der Waals surface area contributed by atoms with Gasteiger partial charge in [0.25, 0.3) is 5.91 Å². The van der Waals surface area contributed by atoms with Crippen molar-refractivity contribution in [3.05, 3.63) is 52.7 Å². The molecule has 0 atom stereocenters. The van der Waals surface area contributed by atoms with Gasteiger partial charge in [0.15, 0.2) is 0 Å². The molecule has 0 saturated heterocycles. The number of nitrogens with two attached hydrogens (primary N) is 1. The molecule has 2 rings (SSSR count). The number of thiocarbonyl (C=S) groups is 1. The van der Waals surface area contributed by atoms with Crippen molar-refractivity contribution < 1.29 is 4.79 Å². The van der Waals surface area contributed by atoms with Gasteiger partial charge in [-0.05, 0) is 23.6 Å². The number of para-hydroxylation sites is 1. The zero-order chi connectivity index (χ0) is 13.7. The van der Waals surface area contributed by atoms with Crippen LogP contribution in [0.5, 0.6) is 0 Å². The van der Waals surface area contributed by atoms with Gasteiger partial charge in [0.1, 0.15) is 0 Å². The third kappa shape index (κ3) is 3.62. The number of anilines is 1. The van der Waals surface area contributed by atoms with Gasteiger partial charge in [0, 0.05) is 24.0 Å². The molecule has 0 unspecified atom stereocenters. The molecular formula is C14H14N2OS2. The molecule has 0 aliphatic carbocycles. The Bertz CT molecular complexity index is 552. The Morgan fingerprint density at radius 3 is 2.58 bits per heavy atom. The molecule has 98 valence electrons. The highest BCUT2D eigenvalue weighted by molar-refractivity contribution is 7.80. The maximum atomic E-state index is 12.5. The lowest BCUT2D eigenvalue weighted by atomic mass is 10.2. The highest BCUT2D eigenvalue weighted by atomic mass is 32.1. The van der Waals surface area contributed by atoms with E-state index in [9.17, 15) is 4.79 Å². The first-order chi connectivity index (χ1) is 9.18. The first-order valence-electron chi connectivity index (χ1n) is 5.86. The van der Waals surface area contributed by atoms with Gasteiger partial charge in [0.05, 0.1) is 10.6 Å². The highest BCUT2D eigenvalue weighted by Gasteiger charge is 2.17. The van der Waals surface area contributed by atoms with Gasteiger partial charge in [-0.1, -0.05) is 30.4 Å². The van der Waals surface area contributed by atoms with Crippen LogP contribution in [0.15, 0.2) is 47.2 Å². The Balaban J connectivity index is 2.24. The van der Waals surface area contributed by atoms with Crippen LogP contribution in [0.2, 0.25) is 0 Å². The fourth-order valence-corrected chi connectivity index (χ4v) is 2.44. The molecule has 3 nitrogen and oxygen atoms in total. The number of carbonyl (C=O) groups excluding carboxylic acids is 1. The summed E-state index contributed by atoms with van der Waals surface area (Å²) in [6.45, 7) is 0.494. The normalized spacial score (nSPS) is 10.1. The first-order valence-corrected chi connectivity index (χ1v) is 7.21. The van der Waals surface area contributed by atoms with E-state index in [1.165, 1.54) is 11.3 Å². The molecule has 1 aromatic carbocycles. The molecule has 0 saturated carbocycles. The molecule has 2 aromatic rings. The van der Waals surface area contributed by atoms with Gasteiger partial charge >= 0.3 is 0 Å². The summed E-state index contributed by atoms with van der Waals surface area (Å²) in [5.74, 6) is -0.0244. The molecule has 0 bridgehead atoms. The summed E-state index contributed by atoms with van der Waals surface area (Å²) < 4.78 is 0.